The quantitative estimate of drug-likeness (QED) is 0.710. The van der Waals surface area contributed by atoms with Gasteiger partial charge in [-0.15, -0.1) is 11.3 Å². The zero-order valence-electron chi connectivity index (χ0n) is 10.4. The van der Waals surface area contributed by atoms with Gasteiger partial charge in [-0.05, 0) is 28.7 Å². The molecule has 0 atom stereocenters. The highest BCUT2D eigenvalue weighted by molar-refractivity contribution is 7.17. The highest BCUT2D eigenvalue weighted by Crippen LogP contribution is 2.29. The summed E-state index contributed by atoms with van der Waals surface area (Å²) < 4.78 is 0. The fourth-order valence-corrected chi connectivity index (χ4v) is 2.53. The number of thiophene rings is 1. The zero-order valence-corrected chi connectivity index (χ0v) is 11.2. The number of carbonyl (C=O) groups is 1. The number of hydrogen-bond donors (Lipinski definition) is 0. The van der Waals surface area contributed by atoms with Crippen LogP contribution in [0.1, 0.15) is 36.0 Å². The number of hydrogen-bond acceptors (Lipinski definition) is 2. The molecule has 1 nitrogen and oxygen atoms in total. The number of benzene rings is 1. The van der Waals surface area contributed by atoms with Gasteiger partial charge in [-0.25, -0.2) is 0 Å². The van der Waals surface area contributed by atoms with Gasteiger partial charge in [0.15, 0.2) is 6.29 Å². The van der Waals surface area contributed by atoms with Crippen molar-refractivity contribution in [2.45, 2.75) is 26.2 Å². The largest absolute Gasteiger partial charge is 0.297 e. The summed E-state index contributed by atoms with van der Waals surface area (Å²) >= 11 is 1.53. The zero-order chi connectivity index (χ0) is 12.5. The molecule has 0 saturated heterocycles. The van der Waals surface area contributed by atoms with Crippen molar-refractivity contribution in [1.82, 2.24) is 0 Å². The van der Waals surface area contributed by atoms with Crippen molar-refractivity contribution in [3.63, 3.8) is 0 Å². The lowest BCUT2D eigenvalue weighted by Gasteiger charge is -2.18. The molecule has 0 bridgehead atoms. The predicted molar refractivity (Wildman–Crippen MR) is 73.8 cm³/mol. The van der Waals surface area contributed by atoms with E-state index in [1.54, 1.807) is 0 Å². The van der Waals surface area contributed by atoms with Crippen LogP contribution in [0, 0.1) is 0 Å². The Balaban J connectivity index is 2.32. The Bertz CT molecular complexity index is 515. The standard InChI is InChI=1S/C15H16OS/c1-15(2,3)12-6-4-11(5-7-12)14-9-8-13(10-16)17-14/h4-10H,1-3H3. The molecule has 0 fully saturated rings. The van der Waals surface area contributed by atoms with Crippen LogP contribution >= 0.6 is 11.3 Å². The number of rotatable bonds is 2. The lowest BCUT2D eigenvalue weighted by Crippen LogP contribution is -2.10. The van der Waals surface area contributed by atoms with E-state index in [-0.39, 0.29) is 5.41 Å². The fraction of sp³-hybridized carbons (Fsp3) is 0.267. The maximum atomic E-state index is 10.6. The highest BCUT2D eigenvalue weighted by Gasteiger charge is 2.13. The lowest BCUT2D eigenvalue weighted by molar-refractivity contribution is 0.112. The minimum absolute atomic E-state index is 0.182. The molecule has 1 aromatic carbocycles. The SMILES string of the molecule is CC(C)(C)c1ccc(-c2ccc(C=O)s2)cc1. The maximum absolute atomic E-state index is 10.6. The van der Waals surface area contributed by atoms with Crippen molar-refractivity contribution >= 4 is 17.6 Å². The second-order valence-corrected chi connectivity index (χ2v) is 6.26. The van der Waals surface area contributed by atoms with Crippen molar-refractivity contribution < 1.29 is 4.79 Å². The minimum atomic E-state index is 0.182. The van der Waals surface area contributed by atoms with Gasteiger partial charge in [0.1, 0.15) is 0 Å². The van der Waals surface area contributed by atoms with Crippen molar-refractivity contribution in [1.29, 1.82) is 0 Å². The van der Waals surface area contributed by atoms with Crippen LogP contribution < -0.4 is 0 Å². The number of carbonyl (C=O) groups excluding carboxylic acids is 1. The molecule has 0 aliphatic heterocycles. The third-order valence-electron chi connectivity index (χ3n) is 2.78. The van der Waals surface area contributed by atoms with E-state index in [1.807, 2.05) is 12.1 Å². The first-order chi connectivity index (χ1) is 8.00. The first-order valence-corrected chi connectivity index (χ1v) is 6.48. The summed E-state index contributed by atoms with van der Waals surface area (Å²) in [6, 6.07) is 12.4. The summed E-state index contributed by atoms with van der Waals surface area (Å²) in [6.07, 6.45) is 0.900. The molecule has 0 radical (unpaired) electrons. The maximum Gasteiger partial charge on any atom is 0.160 e. The third kappa shape index (κ3) is 2.64. The van der Waals surface area contributed by atoms with E-state index in [0.717, 1.165) is 16.0 Å². The fourth-order valence-electron chi connectivity index (χ4n) is 1.71. The Morgan fingerprint density at radius 2 is 1.65 bits per heavy atom. The molecule has 1 aromatic heterocycles. The molecule has 0 unspecified atom stereocenters. The van der Waals surface area contributed by atoms with Gasteiger partial charge in [-0.2, -0.15) is 0 Å². The lowest BCUT2D eigenvalue weighted by atomic mass is 9.86. The van der Waals surface area contributed by atoms with Crippen LogP contribution in [0.15, 0.2) is 36.4 Å². The molecule has 0 N–H and O–H groups in total. The monoisotopic (exact) mass is 244 g/mol. The van der Waals surface area contributed by atoms with Gasteiger partial charge >= 0.3 is 0 Å². The molecule has 17 heavy (non-hydrogen) atoms. The van der Waals surface area contributed by atoms with Gasteiger partial charge in [-0.3, -0.25) is 4.79 Å². The Morgan fingerprint density at radius 1 is 1.00 bits per heavy atom. The molecule has 88 valence electrons. The average molecular weight is 244 g/mol. The van der Waals surface area contributed by atoms with Crippen LogP contribution in [0.5, 0.6) is 0 Å². The van der Waals surface area contributed by atoms with E-state index >= 15 is 0 Å². The first-order valence-electron chi connectivity index (χ1n) is 5.66. The van der Waals surface area contributed by atoms with Crippen LogP contribution in [0.4, 0.5) is 0 Å². The van der Waals surface area contributed by atoms with Crippen molar-refractivity contribution in [2.75, 3.05) is 0 Å². The summed E-state index contributed by atoms with van der Waals surface area (Å²) in [5, 5.41) is 0. The topological polar surface area (TPSA) is 17.1 Å². The molecule has 0 aliphatic carbocycles. The molecule has 1 heterocycles. The summed E-state index contributed by atoms with van der Waals surface area (Å²) in [4.78, 5) is 12.6. The van der Waals surface area contributed by atoms with Gasteiger partial charge in [0, 0.05) is 4.88 Å². The van der Waals surface area contributed by atoms with Crippen LogP contribution in [-0.2, 0) is 5.41 Å². The molecular formula is C15H16OS. The van der Waals surface area contributed by atoms with Crippen molar-refractivity contribution in [3.05, 3.63) is 46.8 Å². The predicted octanol–water partition coefficient (Wildman–Crippen LogP) is 4.53. The molecule has 0 spiro atoms. The van der Waals surface area contributed by atoms with Crippen LogP contribution in [0.3, 0.4) is 0 Å². The van der Waals surface area contributed by atoms with Crippen LogP contribution in [0.25, 0.3) is 10.4 Å². The van der Waals surface area contributed by atoms with Crippen LogP contribution in [-0.4, -0.2) is 6.29 Å². The van der Waals surface area contributed by atoms with E-state index < -0.39 is 0 Å². The summed E-state index contributed by atoms with van der Waals surface area (Å²) in [5.74, 6) is 0. The van der Waals surface area contributed by atoms with Crippen molar-refractivity contribution in [2.24, 2.45) is 0 Å². The molecule has 0 aliphatic rings. The van der Waals surface area contributed by atoms with E-state index in [1.165, 1.54) is 22.5 Å². The molecule has 2 heteroatoms. The molecule has 0 saturated carbocycles. The van der Waals surface area contributed by atoms with Crippen molar-refractivity contribution in [3.8, 4) is 10.4 Å². The van der Waals surface area contributed by atoms with Gasteiger partial charge < -0.3 is 0 Å². The number of aldehydes is 1. The van der Waals surface area contributed by atoms with Crippen LogP contribution in [0.2, 0.25) is 0 Å². The minimum Gasteiger partial charge on any atom is -0.297 e. The Kier molecular flexibility index (Phi) is 3.16. The smallest absolute Gasteiger partial charge is 0.160 e. The Hall–Kier alpha value is -1.41. The summed E-state index contributed by atoms with van der Waals surface area (Å²) in [7, 11) is 0. The first kappa shape index (κ1) is 12.1. The second-order valence-electron chi connectivity index (χ2n) is 5.15. The average Bonchev–Trinajstić information content (AvgIpc) is 2.76. The van der Waals surface area contributed by atoms with Gasteiger partial charge in [0.2, 0.25) is 0 Å². The highest BCUT2D eigenvalue weighted by atomic mass is 32.1. The Morgan fingerprint density at radius 3 is 2.12 bits per heavy atom. The van der Waals surface area contributed by atoms with E-state index in [9.17, 15) is 4.79 Å². The summed E-state index contributed by atoms with van der Waals surface area (Å²) in [5.41, 5.74) is 2.69. The Labute approximate surface area is 106 Å². The van der Waals surface area contributed by atoms with E-state index in [4.69, 9.17) is 0 Å². The van der Waals surface area contributed by atoms with E-state index in [2.05, 4.69) is 45.0 Å². The van der Waals surface area contributed by atoms with Gasteiger partial charge in [-0.1, -0.05) is 45.0 Å². The third-order valence-corrected chi connectivity index (χ3v) is 3.84. The second kappa shape index (κ2) is 4.46. The molecular weight excluding hydrogens is 228 g/mol. The molecule has 2 aromatic rings. The summed E-state index contributed by atoms with van der Waals surface area (Å²) in [6.45, 7) is 6.62. The van der Waals surface area contributed by atoms with E-state index in [0.29, 0.717) is 0 Å². The normalized spacial score (nSPS) is 11.5. The molecule has 0 amide bonds. The van der Waals surface area contributed by atoms with Gasteiger partial charge in [0.25, 0.3) is 0 Å². The molecule has 2 rings (SSSR count). The van der Waals surface area contributed by atoms with Gasteiger partial charge in [0.05, 0.1) is 4.88 Å².